The van der Waals surface area contributed by atoms with Gasteiger partial charge in [0.25, 0.3) is 0 Å². The Labute approximate surface area is 206 Å². The maximum atomic E-state index is 7.34. The molecule has 0 aromatic carbocycles. The molecule has 0 spiro atoms. The van der Waals surface area contributed by atoms with Crippen LogP contribution in [0.2, 0.25) is 63.7 Å². The maximum absolute atomic E-state index is 7.34. The first-order chi connectivity index (χ1) is 14.2. The lowest BCUT2D eigenvalue weighted by atomic mass is 9.85. The maximum Gasteiger partial charge on any atom is 0.322 e. The molecule has 0 bridgehead atoms. The Hall–Kier alpha value is 0.292. The molecule has 0 amide bonds. The standard InChI is InChI=1S/C24H53BO3Si4/c1-16-23(17-2,22(6,7)26-32(14,15)28-30(10,11)20-5)31(12,13)27-24(18-3,21-25)29(8,9)19-4/h19-20H,4-5,16-18,21H2,1-3,6-15H3. The van der Waals surface area contributed by atoms with Crippen LogP contribution >= 0.6 is 0 Å². The average Bonchev–Trinajstić information content (AvgIpc) is 2.64. The van der Waals surface area contributed by atoms with E-state index in [9.17, 15) is 0 Å². The van der Waals surface area contributed by atoms with Gasteiger partial charge in [0, 0.05) is 10.3 Å². The second-order valence-corrected chi connectivity index (χ2v) is 28.2. The van der Waals surface area contributed by atoms with Crippen LogP contribution in [0.25, 0.3) is 0 Å². The molecule has 0 aliphatic carbocycles. The van der Waals surface area contributed by atoms with E-state index in [0.717, 1.165) is 19.3 Å². The van der Waals surface area contributed by atoms with Crippen LogP contribution < -0.4 is 0 Å². The van der Waals surface area contributed by atoms with Crippen LogP contribution in [-0.2, 0) is 13.0 Å². The Bertz CT molecular complexity index is 637. The zero-order valence-electron chi connectivity index (χ0n) is 23.7. The van der Waals surface area contributed by atoms with Crippen molar-refractivity contribution in [3.05, 3.63) is 24.6 Å². The van der Waals surface area contributed by atoms with Gasteiger partial charge in [-0.15, -0.1) is 13.2 Å². The minimum absolute atomic E-state index is 0.102. The Kier molecular flexibility index (Phi) is 11.0. The molecule has 0 N–H and O–H groups in total. The molecule has 2 radical (unpaired) electrons. The molecule has 0 aliphatic rings. The third-order valence-corrected chi connectivity index (χ3v) is 22.9. The highest BCUT2D eigenvalue weighted by molar-refractivity contribution is 6.87. The molecule has 1 unspecified atom stereocenters. The number of rotatable bonds is 15. The Morgan fingerprint density at radius 1 is 0.781 bits per heavy atom. The van der Waals surface area contributed by atoms with Crippen molar-refractivity contribution < 1.29 is 13.0 Å². The van der Waals surface area contributed by atoms with Gasteiger partial charge in [0.1, 0.15) is 8.07 Å². The van der Waals surface area contributed by atoms with Crippen molar-refractivity contribution in [2.24, 2.45) is 0 Å². The molecule has 0 saturated heterocycles. The van der Waals surface area contributed by atoms with Gasteiger partial charge in [-0.3, -0.25) is 0 Å². The van der Waals surface area contributed by atoms with E-state index in [1.54, 1.807) is 0 Å². The molecule has 0 saturated carbocycles. The smallest absolute Gasteiger partial charge is 0.322 e. The van der Waals surface area contributed by atoms with Crippen LogP contribution in [0.1, 0.15) is 53.9 Å². The molecule has 186 valence electrons. The van der Waals surface area contributed by atoms with Gasteiger partial charge in [0.2, 0.25) is 0 Å². The van der Waals surface area contributed by atoms with Crippen LogP contribution in [-0.4, -0.2) is 51.9 Å². The van der Waals surface area contributed by atoms with Gasteiger partial charge in [-0.1, -0.05) is 51.6 Å². The highest BCUT2D eigenvalue weighted by Crippen LogP contribution is 2.58. The lowest BCUT2D eigenvalue weighted by Crippen LogP contribution is -2.66. The molecule has 0 aromatic rings. The van der Waals surface area contributed by atoms with E-state index in [0.29, 0.717) is 6.32 Å². The zero-order valence-corrected chi connectivity index (χ0v) is 27.7. The molecule has 0 rings (SSSR count). The first-order valence-electron chi connectivity index (χ1n) is 12.3. The van der Waals surface area contributed by atoms with Crippen LogP contribution in [0, 0.1) is 0 Å². The monoisotopic (exact) mass is 512 g/mol. The quantitative estimate of drug-likeness (QED) is 0.209. The van der Waals surface area contributed by atoms with Crippen molar-refractivity contribution in [1.82, 2.24) is 0 Å². The molecule has 3 nitrogen and oxygen atoms in total. The molecule has 0 fully saturated rings. The summed E-state index contributed by atoms with van der Waals surface area (Å²) in [6.07, 6.45) is 3.41. The second-order valence-electron chi connectivity index (χ2n) is 11.8. The summed E-state index contributed by atoms with van der Waals surface area (Å²) in [5.41, 5.74) is 3.73. The van der Waals surface area contributed by atoms with E-state index in [4.69, 9.17) is 20.8 Å². The van der Waals surface area contributed by atoms with Crippen LogP contribution in [0.4, 0.5) is 0 Å². The molecule has 0 heterocycles. The lowest BCUT2D eigenvalue weighted by Gasteiger charge is -2.59. The Morgan fingerprint density at radius 3 is 1.56 bits per heavy atom. The predicted octanol–water partition coefficient (Wildman–Crippen LogP) is 7.92. The number of hydrogen-bond acceptors (Lipinski definition) is 3. The minimum Gasteiger partial charge on any atom is -0.433 e. The van der Waals surface area contributed by atoms with Gasteiger partial charge in [-0.2, -0.15) is 0 Å². The molecule has 0 aliphatic heterocycles. The summed E-state index contributed by atoms with van der Waals surface area (Å²) in [6, 6.07) is 0. The minimum atomic E-state index is -2.41. The van der Waals surface area contributed by atoms with Gasteiger partial charge < -0.3 is 13.0 Å². The average molecular weight is 513 g/mol. The highest BCUT2D eigenvalue weighted by atomic mass is 28.4. The van der Waals surface area contributed by atoms with Gasteiger partial charge in [-0.25, -0.2) is 0 Å². The van der Waals surface area contributed by atoms with Gasteiger partial charge in [0.15, 0.2) is 16.6 Å². The Morgan fingerprint density at radius 2 is 1.25 bits per heavy atom. The van der Waals surface area contributed by atoms with E-state index in [1.165, 1.54) is 0 Å². The Balaban J connectivity index is 6.47. The molecular weight excluding hydrogens is 459 g/mol. The van der Waals surface area contributed by atoms with Crippen molar-refractivity contribution in [2.75, 3.05) is 0 Å². The summed E-state index contributed by atoms with van der Waals surface area (Å²) < 4.78 is 21.0. The van der Waals surface area contributed by atoms with E-state index in [2.05, 4.69) is 106 Å². The molecule has 0 aromatic heterocycles. The summed E-state index contributed by atoms with van der Waals surface area (Å²) in [7, 11) is -2.20. The highest BCUT2D eigenvalue weighted by Gasteiger charge is 2.60. The van der Waals surface area contributed by atoms with E-state index in [-0.39, 0.29) is 10.3 Å². The summed E-state index contributed by atoms with van der Waals surface area (Å²) in [4.78, 5) is 0. The number of hydrogen-bond donors (Lipinski definition) is 0. The van der Waals surface area contributed by atoms with Crippen molar-refractivity contribution in [3.8, 4) is 0 Å². The van der Waals surface area contributed by atoms with E-state index < -0.39 is 38.9 Å². The third-order valence-electron chi connectivity index (χ3n) is 8.05. The van der Waals surface area contributed by atoms with Gasteiger partial charge >= 0.3 is 8.56 Å². The van der Waals surface area contributed by atoms with Crippen molar-refractivity contribution in [1.29, 1.82) is 0 Å². The molecule has 1 atom stereocenters. The molecule has 8 heteroatoms. The van der Waals surface area contributed by atoms with Crippen LogP contribution in [0.3, 0.4) is 0 Å². The summed E-state index contributed by atoms with van der Waals surface area (Å²) in [5, 5.41) is -0.425. The molecular formula is C24H53BO3Si4. The van der Waals surface area contributed by atoms with E-state index >= 15 is 0 Å². The second kappa shape index (κ2) is 10.9. The summed E-state index contributed by atoms with van der Waals surface area (Å²) >= 11 is 0. The van der Waals surface area contributed by atoms with Gasteiger partial charge in [-0.05, 0) is 72.4 Å². The molecule has 32 heavy (non-hydrogen) atoms. The summed E-state index contributed by atoms with van der Waals surface area (Å²) in [5.74, 6) is 0. The lowest BCUT2D eigenvalue weighted by molar-refractivity contribution is 0.00363. The van der Waals surface area contributed by atoms with Crippen molar-refractivity contribution in [2.45, 2.75) is 128 Å². The normalized spacial score (nSPS) is 16.5. The fourth-order valence-electron chi connectivity index (χ4n) is 5.97. The first-order valence-corrected chi connectivity index (χ1v) is 24.1. The fourth-order valence-corrected chi connectivity index (χ4v) is 21.3. The zero-order chi connectivity index (χ0) is 25.9. The summed E-state index contributed by atoms with van der Waals surface area (Å²) in [6.45, 7) is 37.6. The SMILES string of the molecule is [B]CC(CC)(O[Si](C)(C)C(CC)(CC)C(C)(C)O[Si](C)(C)O[Si](C)(C)C=C)[Si](C)(C)C=C. The third kappa shape index (κ3) is 6.49. The van der Waals surface area contributed by atoms with Crippen molar-refractivity contribution >= 4 is 41.1 Å². The van der Waals surface area contributed by atoms with E-state index in [1.807, 2.05) is 5.70 Å². The fraction of sp³-hybridized carbons (Fsp3) is 0.833. The van der Waals surface area contributed by atoms with Crippen molar-refractivity contribution in [3.63, 3.8) is 0 Å². The van der Waals surface area contributed by atoms with Gasteiger partial charge in [0.05, 0.1) is 13.4 Å². The first kappa shape index (κ1) is 32.3. The topological polar surface area (TPSA) is 27.7 Å². The predicted molar refractivity (Wildman–Crippen MR) is 155 cm³/mol. The largest absolute Gasteiger partial charge is 0.433 e. The van der Waals surface area contributed by atoms with Crippen LogP contribution in [0.5, 0.6) is 0 Å². The van der Waals surface area contributed by atoms with Crippen LogP contribution in [0.15, 0.2) is 24.6 Å².